The summed E-state index contributed by atoms with van der Waals surface area (Å²) in [5.74, 6) is -1.72. The van der Waals surface area contributed by atoms with Crippen molar-refractivity contribution < 1.29 is 23.9 Å². The molecule has 8 nitrogen and oxygen atoms in total. The molecule has 1 saturated carbocycles. The molecule has 2 heterocycles. The van der Waals surface area contributed by atoms with E-state index in [1.807, 2.05) is 12.1 Å². The smallest absolute Gasteiger partial charge is 0.354 e. The summed E-state index contributed by atoms with van der Waals surface area (Å²) < 4.78 is 5.43. The monoisotopic (exact) mass is 481 g/mol. The molecule has 0 bridgehead atoms. The number of esters is 1. The predicted octanol–water partition coefficient (Wildman–Crippen LogP) is 2.68. The van der Waals surface area contributed by atoms with Gasteiger partial charge in [-0.25, -0.2) is 4.79 Å². The maximum absolute atomic E-state index is 13.5. The molecule has 5 rings (SSSR count). The van der Waals surface area contributed by atoms with Crippen LogP contribution < -0.4 is 10.2 Å². The van der Waals surface area contributed by atoms with Crippen molar-refractivity contribution in [3.8, 4) is 0 Å². The van der Waals surface area contributed by atoms with Crippen LogP contribution in [0.15, 0.2) is 48.5 Å². The molecule has 1 saturated heterocycles. The SMILES string of the molecule is O=C(COC(=O)C12CCC(=O)N1c1ccccc1C(=O)N2C1CC1)NCCc1ccc(Cl)cc1. The molecule has 2 fully saturated rings. The Balaban J connectivity index is 1.30. The molecule has 0 aromatic heterocycles. The lowest BCUT2D eigenvalue weighted by atomic mass is 9.96. The number of fused-ring (bicyclic) bond motifs is 3. The normalized spacial score (nSPS) is 21.2. The van der Waals surface area contributed by atoms with Crippen molar-refractivity contribution in [2.45, 2.75) is 43.8 Å². The van der Waals surface area contributed by atoms with E-state index >= 15 is 0 Å². The van der Waals surface area contributed by atoms with Gasteiger partial charge in [-0.3, -0.25) is 19.3 Å². The lowest BCUT2D eigenvalue weighted by Gasteiger charge is -2.48. The highest BCUT2D eigenvalue weighted by molar-refractivity contribution is 6.30. The molecular formula is C25H24ClN3O5. The topological polar surface area (TPSA) is 96.0 Å². The van der Waals surface area contributed by atoms with Crippen LogP contribution in [0.1, 0.15) is 41.6 Å². The molecule has 0 radical (unpaired) electrons. The van der Waals surface area contributed by atoms with Crippen LogP contribution in [0.25, 0.3) is 0 Å². The minimum atomic E-state index is -1.55. The van der Waals surface area contributed by atoms with Gasteiger partial charge in [0.15, 0.2) is 6.61 Å². The number of ether oxygens (including phenoxy) is 1. The highest BCUT2D eigenvalue weighted by atomic mass is 35.5. The summed E-state index contributed by atoms with van der Waals surface area (Å²) in [5, 5.41) is 3.37. The van der Waals surface area contributed by atoms with E-state index in [0.717, 1.165) is 18.4 Å². The van der Waals surface area contributed by atoms with Crippen LogP contribution in [0.2, 0.25) is 5.02 Å². The Labute approximate surface area is 201 Å². The molecule has 2 aliphatic heterocycles. The van der Waals surface area contributed by atoms with Crippen LogP contribution >= 0.6 is 11.6 Å². The van der Waals surface area contributed by atoms with Gasteiger partial charge >= 0.3 is 5.97 Å². The summed E-state index contributed by atoms with van der Waals surface area (Å²) in [6, 6.07) is 14.0. The first-order valence-electron chi connectivity index (χ1n) is 11.4. The zero-order chi connectivity index (χ0) is 23.9. The minimum Gasteiger partial charge on any atom is -0.452 e. The third-order valence-electron chi connectivity index (χ3n) is 6.52. The zero-order valence-corrected chi connectivity index (χ0v) is 19.2. The summed E-state index contributed by atoms with van der Waals surface area (Å²) >= 11 is 5.88. The van der Waals surface area contributed by atoms with Gasteiger partial charge < -0.3 is 15.0 Å². The molecule has 2 aromatic carbocycles. The van der Waals surface area contributed by atoms with Crippen LogP contribution in [-0.2, 0) is 25.5 Å². The number of halogens is 1. The Morgan fingerprint density at radius 1 is 1.09 bits per heavy atom. The first kappa shape index (κ1) is 22.4. The van der Waals surface area contributed by atoms with Gasteiger partial charge in [-0.15, -0.1) is 0 Å². The Bertz CT molecular complexity index is 1160. The number of benzene rings is 2. The number of amides is 3. The highest BCUT2D eigenvalue weighted by Gasteiger charge is 2.64. The standard InChI is InChI=1S/C25H24ClN3O5/c26-17-7-5-16(6-8-17)12-14-27-21(30)15-34-24(33)25-13-11-22(31)29(25)20-4-2-1-3-19(20)23(32)28(25)18-9-10-18/h1-8,18H,9-15H2,(H,27,30). The predicted molar refractivity (Wildman–Crippen MR) is 124 cm³/mol. The zero-order valence-electron chi connectivity index (χ0n) is 18.5. The lowest BCUT2D eigenvalue weighted by molar-refractivity contribution is -0.160. The van der Waals surface area contributed by atoms with Crippen LogP contribution in [0, 0.1) is 0 Å². The van der Waals surface area contributed by atoms with E-state index in [9.17, 15) is 19.2 Å². The van der Waals surface area contributed by atoms with Crippen LogP contribution in [0.4, 0.5) is 5.69 Å². The lowest BCUT2D eigenvalue weighted by Crippen LogP contribution is -2.69. The third-order valence-corrected chi connectivity index (χ3v) is 6.77. The summed E-state index contributed by atoms with van der Waals surface area (Å²) in [6.07, 6.45) is 2.38. The molecule has 1 atom stereocenters. The second kappa shape index (κ2) is 8.76. The van der Waals surface area contributed by atoms with Gasteiger partial charge in [-0.1, -0.05) is 35.9 Å². The van der Waals surface area contributed by atoms with Gasteiger partial charge in [-0.2, -0.15) is 0 Å². The van der Waals surface area contributed by atoms with Gasteiger partial charge in [0.2, 0.25) is 11.6 Å². The maximum Gasteiger partial charge on any atom is 0.354 e. The van der Waals surface area contributed by atoms with Gasteiger partial charge in [0.1, 0.15) is 0 Å². The van der Waals surface area contributed by atoms with Crippen LogP contribution in [0.5, 0.6) is 0 Å². The number of hydrogen-bond acceptors (Lipinski definition) is 5. The van der Waals surface area contributed by atoms with E-state index in [-0.39, 0.29) is 30.7 Å². The first-order chi connectivity index (χ1) is 16.4. The van der Waals surface area contributed by atoms with E-state index in [1.165, 1.54) is 9.80 Å². The van der Waals surface area contributed by atoms with Gasteiger partial charge in [0.05, 0.1) is 11.3 Å². The van der Waals surface area contributed by atoms with Crippen LogP contribution in [0.3, 0.4) is 0 Å². The first-order valence-corrected chi connectivity index (χ1v) is 11.7. The minimum absolute atomic E-state index is 0.118. The molecule has 3 aliphatic rings. The van der Waals surface area contributed by atoms with E-state index in [2.05, 4.69) is 5.32 Å². The molecule has 1 unspecified atom stereocenters. The number of hydrogen-bond donors (Lipinski definition) is 1. The van der Waals surface area contributed by atoms with Gasteiger partial charge in [-0.05, 0) is 49.1 Å². The van der Waals surface area contributed by atoms with Crippen molar-refractivity contribution in [3.63, 3.8) is 0 Å². The number of carbonyl (C=O) groups excluding carboxylic acids is 4. The van der Waals surface area contributed by atoms with Crippen molar-refractivity contribution in [1.29, 1.82) is 0 Å². The van der Waals surface area contributed by atoms with Crippen LogP contribution in [-0.4, -0.2) is 53.4 Å². The maximum atomic E-state index is 13.5. The molecule has 176 valence electrons. The molecule has 9 heteroatoms. The Kier molecular flexibility index (Phi) is 5.77. The second-order valence-electron chi connectivity index (χ2n) is 8.77. The van der Waals surface area contributed by atoms with E-state index < -0.39 is 24.1 Å². The highest BCUT2D eigenvalue weighted by Crippen LogP contribution is 2.49. The fourth-order valence-electron chi connectivity index (χ4n) is 4.81. The van der Waals surface area contributed by atoms with Crippen molar-refractivity contribution in [3.05, 3.63) is 64.7 Å². The van der Waals surface area contributed by atoms with Crippen molar-refractivity contribution in [2.75, 3.05) is 18.1 Å². The Morgan fingerprint density at radius 2 is 1.82 bits per heavy atom. The molecule has 1 aliphatic carbocycles. The van der Waals surface area contributed by atoms with E-state index in [4.69, 9.17) is 16.3 Å². The number of carbonyl (C=O) groups is 4. The number of nitrogens with one attached hydrogen (secondary N) is 1. The summed E-state index contributed by atoms with van der Waals surface area (Å²) in [6.45, 7) is -0.120. The third kappa shape index (κ3) is 3.81. The number of rotatable bonds is 7. The van der Waals surface area contributed by atoms with Crippen molar-refractivity contribution in [2.24, 2.45) is 0 Å². The quantitative estimate of drug-likeness (QED) is 0.613. The average molecular weight is 482 g/mol. The van der Waals surface area contributed by atoms with Crippen molar-refractivity contribution in [1.82, 2.24) is 10.2 Å². The van der Waals surface area contributed by atoms with Gasteiger partial charge in [0.25, 0.3) is 11.8 Å². The Morgan fingerprint density at radius 3 is 2.56 bits per heavy atom. The number of para-hydroxylation sites is 1. The fraction of sp³-hybridized carbons (Fsp3) is 0.360. The molecule has 3 amide bonds. The largest absolute Gasteiger partial charge is 0.452 e. The molecule has 2 aromatic rings. The van der Waals surface area contributed by atoms with Gasteiger partial charge in [0, 0.05) is 30.5 Å². The summed E-state index contributed by atoms with van der Waals surface area (Å²) in [4.78, 5) is 55.0. The Hall–Kier alpha value is -3.39. The molecule has 0 spiro atoms. The summed E-state index contributed by atoms with van der Waals surface area (Å²) in [5.41, 5.74) is 0.275. The van der Waals surface area contributed by atoms with E-state index in [1.54, 1.807) is 36.4 Å². The summed E-state index contributed by atoms with van der Waals surface area (Å²) in [7, 11) is 0. The van der Waals surface area contributed by atoms with E-state index in [0.29, 0.717) is 29.2 Å². The molecule has 1 N–H and O–H groups in total. The van der Waals surface area contributed by atoms with Crippen molar-refractivity contribution >= 4 is 41.0 Å². The fourth-order valence-corrected chi connectivity index (χ4v) is 4.93. The number of anilines is 1. The second-order valence-corrected chi connectivity index (χ2v) is 9.21. The molecule has 34 heavy (non-hydrogen) atoms. The number of nitrogens with zero attached hydrogens (tertiary/aromatic N) is 2. The molecular weight excluding hydrogens is 458 g/mol. The average Bonchev–Trinajstić information content (AvgIpc) is 3.61.